The van der Waals surface area contributed by atoms with Crippen molar-refractivity contribution in [1.82, 2.24) is 0 Å². The molecular weight excluding hydrogens is 211 g/mol. The lowest BCUT2D eigenvalue weighted by Gasteiger charge is -2.03. The number of rotatable bonds is 2. The quantitative estimate of drug-likeness (QED) is 0.606. The Bertz CT molecular complexity index is 443. The summed E-state index contributed by atoms with van der Waals surface area (Å²) in [5.74, 6) is 3.64. The Kier molecular flexibility index (Phi) is 4.49. The molecule has 84 valence electrons. The van der Waals surface area contributed by atoms with Crippen LogP contribution in [0, 0.1) is 17.7 Å². The second-order valence-corrected chi connectivity index (χ2v) is 2.87. The van der Waals surface area contributed by atoms with Gasteiger partial charge in [-0.25, -0.2) is 9.18 Å². The largest absolute Gasteiger partial charge is 0.462 e. The van der Waals surface area contributed by atoms with Crippen LogP contribution in [0.4, 0.5) is 4.39 Å². The van der Waals surface area contributed by atoms with Crippen LogP contribution in [-0.2, 0) is 4.74 Å². The Labute approximate surface area is 92.9 Å². The molecule has 0 aliphatic heterocycles. The van der Waals surface area contributed by atoms with Crippen molar-refractivity contribution in [2.45, 2.75) is 6.92 Å². The summed E-state index contributed by atoms with van der Waals surface area (Å²) in [7, 11) is 0. The maximum Gasteiger partial charge on any atom is 0.341 e. The second-order valence-electron chi connectivity index (χ2n) is 2.87. The minimum absolute atomic E-state index is 0.147. The summed E-state index contributed by atoms with van der Waals surface area (Å²) >= 11 is 0. The van der Waals surface area contributed by atoms with Crippen molar-refractivity contribution in [2.75, 3.05) is 13.2 Å². The van der Waals surface area contributed by atoms with Crippen LogP contribution in [0.2, 0.25) is 0 Å². The molecule has 0 atom stereocenters. The lowest BCUT2D eigenvalue weighted by molar-refractivity contribution is 0.0521. The highest BCUT2D eigenvalue weighted by atomic mass is 19.1. The van der Waals surface area contributed by atoms with Gasteiger partial charge in [0.2, 0.25) is 0 Å². The third kappa shape index (κ3) is 3.07. The molecule has 3 nitrogen and oxygen atoms in total. The summed E-state index contributed by atoms with van der Waals surface area (Å²) in [4.78, 5) is 11.3. The molecule has 0 aliphatic rings. The van der Waals surface area contributed by atoms with E-state index in [1.165, 1.54) is 12.1 Å². The minimum Gasteiger partial charge on any atom is -0.462 e. The first-order valence-electron chi connectivity index (χ1n) is 4.75. The maximum absolute atomic E-state index is 13.3. The lowest BCUT2D eigenvalue weighted by atomic mass is 10.1. The third-order valence-electron chi connectivity index (χ3n) is 1.77. The highest BCUT2D eigenvalue weighted by Gasteiger charge is 2.12. The SMILES string of the molecule is CCOC(=O)c1cc(C#CCO)ccc1F. The summed E-state index contributed by atoms with van der Waals surface area (Å²) in [6.45, 7) is 1.54. The number of carbonyl (C=O) groups is 1. The fourth-order valence-electron chi connectivity index (χ4n) is 1.11. The van der Waals surface area contributed by atoms with Gasteiger partial charge in [-0.15, -0.1) is 0 Å². The predicted molar refractivity (Wildman–Crippen MR) is 56.3 cm³/mol. The van der Waals surface area contributed by atoms with Gasteiger partial charge in [0.15, 0.2) is 0 Å². The number of halogens is 1. The summed E-state index contributed by atoms with van der Waals surface area (Å²) in [6.07, 6.45) is 0. The van der Waals surface area contributed by atoms with Crippen LogP contribution < -0.4 is 0 Å². The van der Waals surface area contributed by atoms with E-state index >= 15 is 0 Å². The van der Waals surface area contributed by atoms with Crippen LogP contribution in [0.3, 0.4) is 0 Å². The lowest BCUT2D eigenvalue weighted by Crippen LogP contribution is -2.07. The smallest absolute Gasteiger partial charge is 0.341 e. The highest BCUT2D eigenvalue weighted by molar-refractivity contribution is 5.90. The number of esters is 1. The molecule has 4 heteroatoms. The van der Waals surface area contributed by atoms with E-state index in [4.69, 9.17) is 9.84 Å². The predicted octanol–water partition coefficient (Wildman–Crippen LogP) is 1.35. The first-order chi connectivity index (χ1) is 7.69. The van der Waals surface area contributed by atoms with Crippen molar-refractivity contribution >= 4 is 5.97 Å². The van der Waals surface area contributed by atoms with Crippen molar-refractivity contribution in [1.29, 1.82) is 0 Å². The molecule has 1 aromatic carbocycles. The Hall–Kier alpha value is -1.86. The molecule has 1 aromatic rings. The zero-order valence-electron chi connectivity index (χ0n) is 8.79. The molecule has 0 saturated heterocycles. The normalized spacial score (nSPS) is 9.19. The van der Waals surface area contributed by atoms with E-state index in [0.717, 1.165) is 6.07 Å². The molecule has 0 spiro atoms. The van der Waals surface area contributed by atoms with E-state index < -0.39 is 11.8 Å². The zero-order chi connectivity index (χ0) is 12.0. The van der Waals surface area contributed by atoms with Crippen LogP contribution in [0.5, 0.6) is 0 Å². The topological polar surface area (TPSA) is 46.5 Å². The molecule has 0 aliphatic carbocycles. The molecule has 16 heavy (non-hydrogen) atoms. The number of carbonyl (C=O) groups excluding carboxylic acids is 1. The van der Waals surface area contributed by atoms with Crippen molar-refractivity contribution < 1.29 is 19.0 Å². The number of aliphatic hydroxyl groups is 1. The average molecular weight is 222 g/mol. The van der Waals surface area contributed by atoms with Crippen molar-refractivity contribution in [3.8, 4) is 11.8 Å². The minimum atomic E-state index is -0.715. The Morgan fingerprint density at radius 1 is 1.56 bits per heavy atom. The molecule has 0 unspecified atom stereocenters. The summed E-state index contributed by atoms with van der Waals surface area (Å²) < 4.78 is 18.0. The van der Waals surface area contributed by atoms with Crippen LogP contribution in [-0.4, -0.2) is 24.3 Å². The fraction of sp³-hybridized carbons (Fsp3) is 0.250. The van der Waals surface area contributed by atoms with Gasteiger partial charge in [0.25, 0.3) is 0 Å². The number of benzene rings is 1. The number of aliphatic hydroxyl groups excluding tert-OH is 1. The summed E-state index contributed by atoms with van der Waals surface area (Å²) in [6, 6.07) is 3.88. The standard InChI is InChI=1S/C12H11FO3/c1-2-16-12(15)10-8-9(4-3-7-14)5-6-11(10)13/h5-6,8,14H,2,7H2,1H3. The fourth-order valence-corrected chi connectivity index (χ4v) is 1.11. The molecule has 1 rings (SSSR count). The van der Waals surface area contributed by atoms with Gasteiger partial charge >= 0.3 is 5.97 Å². The van der Waals surface area contributed by atoms with Gasteiger partial charge in [-0.05, 0) is 25.1 Å². The number of hydrogen-bond acceptors (Lipinski definition) is 3. The number of hydrogen-bond donors (Lipinski definition) is 1. The van der Waals surface area contributed by atoms with Gasteiger partial charge < -0.3 is 9.84 Å². The molecular formula is C12H11FO3. The molecule has 0 aromatic heterocycles. The molecule has 0 heterocycles. The van der Waals surface area contributed by atoms with Gasteiger partial charge in [0.05, 0.1) is 12.2 Å². The van der Waals surface area contributed by atoms with E-state index in [1.807, 2.05) is 0 Å². The first-order valence-corrected chi connectivity index (χ1v) is 4.75. The Morgan fingerprint density at radius 3 is 2.94 bits per heavy atom. The average Bonchev–Trinajstić information content (AvgIpc) is 2.28. The van der Waals surface area contributed by atoms with Crippen LogP contribution in [0.15, 0.2) is 18.2 Å². The second kappa shape index (κ2) is 5.89. The summed E-state index contributed by atoms with van der Waals surface area (Å²) in [5, 5.41) is 8.51. The molecule has 0 amide bonds. The van der Waals surface area contributed by atoms with Gasteiger partial charge in [0.1, 0.15) is 12.4 Å². The van der Waals surface area contributed by atoms with E-state index in [2.05, 4.69) is 11.8 Å². The number of ether oxygens (including phenoxy) is 1. The van der Waals surface area contributed by atoms with Gasteiger partial charge in [-0.2, -0.15) is 0 Å². The Morgan fingerprint density at radius 2 is 2.31 bits per heavy atom. The van der Waals surface area contributed by atoms with E-state index in [-0.39, 0.29) is 18.8 Å². The van der Waals surface area contributed by atoms with E-state index in [9.17, 15) is 9.18 Å². The zero-order valence-corrected chi connectivity index (χ0v) is 8.79. The Balaban J connectivity index is 3.03. The van der Waals surface area contributed by atoms with Crippen LogP contribution in [0.25, 0.3) is 0 Å². The van der Waals surface area contributed by atoms with E-state index in [1.54, 1.807) is 6.92 Å². The maximum atomic E-state index is 13.3. The van der Waals surface area contributed by atoms with Crippen molar-refractivity contribution in [3.63, 3.8) is 0 Å². The third-order valence-corrected chi connectivity index (χ3v) is 1.77. The van der Waals surface area contributed by atoms with Crippen molar-refractivity contribution in [2.24, 2.45) is 0 Å². The molecule has 0 radical (unpaired) electrons. The van der Waals surface area contributed by atoms with Crippen molar-refractivity contribution in [3.05, 3.63) is 35.1 Å². The molecule has 0 bridgehead atoms. The molecule has 0 saturated carbocycles. The van der Waals surface area contributed by atoms with Crippen LogP contribution >= 0.6 is 0 Å². The van der Waals surface area contributed by atoms with Gasteiger partial charge in [0, 0.05) is 5.56 Å². The monoisotopic (exact) mass is 222 g/mol. The van der Waals surface area contributed by atoms with E-state index in [0.29, 0.717) is 5.56 Å². The first kappa shape index (κ1) is 12.2. The summed E-state index contributed by atoms with van der Waals surface area (Å²) in [5.41, 5.74) is 0.310. The molecule has 0 fully saturated rings. The van der Waals surface area contributed by atoms with Gasteiger partial charge in [-0.3, -0.25) is 0 Å². The molecule has 1 N–H and O–H groups in total. The van der Waals surface area contributed by atoms with Gasteiger partial charge in [-0.1, -0.05) is 11.8 Å². The van der Waals surface area contributed by atoms with Crippen LogP contribution in [0.1, 0.15) is 22.8 Å². The highest BCUT2D eigenvalue weighted by Crippen LogP contribution is 2.11.